The Balaban J connectivity index is 2.07. The van der Waals surface area contributed by atoms with Gasteiger partial charge in [-0.05, 0) is 49.3 Å². The number of hydrogen-bond acceptors (Lipinski definition) is 2. The third-order valence-corrected chi connectivity index (χ3v) is 4.97. The SMILES string of the molecule is CCC(CC)(CC(=O)O)NC(=O)c1ccc(C2CCC2)cc1. The second-order valence-electron chi connectivity index (χ2n) is 6.26. The summed E-state index contributed by atoms with van der Waals surface area (Å²) in [7, 11) is 0. The van der Waals surface area contributed by atoms with Crippen molar-refractivity contribution in [2.75, 3.05) is 0 Å². The van der Waals surface area contributed by atoms with Gasteiger partial charge in [-0.25, -0.2) is 0 Å². The second kappa shape index (κ2) is 6.95. The first-order valence-corrected chi connectivity index (χ1v) is 8.14. The Bertz CT molecular complexity index is 528. The van der Waals surface area contributed by atoms with Gasteiger partial charge in [0.2, 0.25) is 0 Å². The third-order valence-electron chi connectivity index (χ3n) is 4.97. The number of carbonyl (C=O) groups is 2. The Morgan fingerprint density at radius 3 is 2.18 bits per heavy atom. The van der Waals surface area contributed by atoms with E-state index >= 15 is 0 Å². The summed E-state index contributed by atoms with van der Waals surface area (Å²) in [5, 5.41) is 12.0. The number of nitrogens with one attached hydrogen (secondary N) is 1. The van der Waals surface area contributed by atoms with E-state index in [1.54, 1.807) is 0 Å². The second-order valence-corrected chi connectivity index (χ2v) is 6.26. The van der Waals surface area contributed by atoms with E-state index < -0.39 is 11.5 Å². The molecule has 2 N–H and O–H groups in total. The monoisotopic (exact) mass is 303 g/mol. The van der Waals surface area contributed by atoms with E-state index in [1.165, 1.54) is 24.8 Å². The van der Waals surface area contributed by atoms with Gasteiger partial charge in [0.25, 0.3) is 5.91 Å². The van der Waals surface area contributed by atoms with Gasteiger partial charge in [0.1, 0.15) is 0 Å². The molecule has 0 spiro atoms. The molecule has 0 atom stereocenters. The maximum atomic E-state index is 12.4. The zero-order chi connectivity index (χ0) is 16.2. The molecule has 0 saturated heterocycles. The minimum absolute atomic E-state index is 0.0497. The predicted molar refractivity (Wildman–Crippen MR) is 86.1 cm³/mol. The topological polar surface area (TPSA) is 66.4 Å². The molecule has 2 rings (SSSR count). The minimum Gasteiger partial charge on any atom is -0.481 e. The number of carboxylic acids is 1. The summed E-state index contributed by atoms with van der Waals surface area (Å²) in [6.45, 7) is 3.82. The third kappa shape index (κ3) is 3.67. The first-order chi connectivity index (χ1) is 10.5. The molecule has 0 aromatic heterocycles. The highest BCUT2D eigenvalue weighted by Crippen LogP contribution is 2.36. The van der Waals surface area contributed by atoms with Crippen molar-refractivity contribution in [3.05, 3.63) is 35.4 Å². The molecule has 1 aliphatic carbocycles. The summed E-state index contributed by atoms with van der Waals surface area (Å²) in [6.07, 6.45) is 4.91. The van der Waals surface area contributed by atoms with Crippen LogP contribution in [-0.4, -0.2) is 22.5 Å². The maximum Gasteiger partial charge on any atom is 0.305 e. The fourth-order valence-corrected chi connectivity index (χ4v) is 2.97. The lowest BCUT2D eigenvalue weighted by atomic mass is 9.80. The van der Waals surface area contributed by atoms with Gasteiger partial charge in [0, 0.05) is 5.56 Å². The van der Waals surface area contributed by atoms with Crippen LogP contribution in [0, 0.1) is 0 Å². The summed E-state index contributed by atoms with van der Waals surface area (Å²) in [5.74, 6) is -0.427. The molecular weight excluding hydrogens is 278 g/mol. The van der Waals surface area contributed by atoms with Crippen molar-refractivity contribution in [1.29, 1.82) is 0 Å². The van der Waals surface area contributed by atoms with Crippen LogP contribution < -0.4 is 5.32 Å². The first-order valence-electron chi connectivity index (χ1n) is 8.14. The number of aliphatic carboxylic acids is 1. The molecule has 1 saturated carbocycles. The highest BCUT2D eigenvalue weighted by molar-refractivity contribution is 5.95. The van der Waals surface area contributed by atoms with Crippen LogP contribution in [0.1, 0.15) is 74.2 Å². The average Bonchev–Trinajstić information content (AvgIpc) is 2.45. The molecule has 4 nitrogen and oxygen atoms in total. The van der Waals surface area contributed by atoms with Crippen molar-refractivity contribution in [3.63, 3.8) is 0 Å². The lowest BCUT2D eigenvalue weighted by Gasteiger charge is -2.31. The molecule has 22 heavy (non-hydrogen) atoms. The molecule has 1 aromatic carbocycles. The van der Waals surface area contributed by atoms with Gasteiger partial charge in [0.05, 0.1) is 12.0 Å². The number of hydrogen-bond donors (Lipinski definition) is 2. The maximum absolute atomic E-state index is 12.4. The molecule has 0 radical (unpaired) electrons. The van der Waals surface area contributed by atoms with Crippen molar-refractivity contribution >= 4 is 11.9 Å². The molecule has 1 aromatic rings. The number of rotatable bonds is 7. The zero-order valence-corrected chi connectivity index (χ0v) is 13.4. The predicted octanol–water partition coefficient (Wildman–Crippen LogP) is 3.72. The lowest BCUT2D eigenvalue weighted by molar-refractivity contribution is -0.138. The van der Waals surface area contributed by atoms with Gasteiger partial charge in [-0.15, -0.1) is 0 Å². The Labute approximate surface area is 131 Å². The number of benzene rings is 1. The molecule has 0 unspecified atom stereocenters. The summed E-state index contributed by atoms with van der Waals surface area (Å²) in [5.41, 5.74) is 1.22. The van der Waals surface area contributed by atoms with E-state index in [0.717, 1.165) is 0 Å². The highest BCUT2D eigenvalue weighted by atomic mass is 16.4. The molecule has 0 heterocycles. The van der Waals surface area contributed by atoms with Crippen molar-refractivity contribution in [2.24, 2.45) is 0 Å². The van der Waals surface area contributed by atoms with Gasteiger partial charge in [-0.2, -0.15) is 0 Å². The van der Waals surface area contributed by atoms with E-state index in [4.69, 9.17) is 5.11 Å². The zero-order valence-electron chi connectivity index (χ0n) is 13.4. The van der Waals surface area contributed by atoms with Crippen molar-refractivity contribution in [2.45, 2.75) is 63.8 Å². The van der Waals surface area contributed by atoms with E-state index in [-0.39, 0.29) is 12.3 Å². The van der Waals surface area contributed by atoms with E-state index in [2.05, 4.69) is 5.32 Å². The number of carboxylic acid groups (broad SMARTS) is 1. The largest absolute Gasteiger partial charge is 0.481 e. The number of amides is 1. The van der Waals surface area contributed by atoms with Crippen molar-refractivity contribution in [3.8, 4) is 0 Å². The van der Waals surface area contributed by atoms with Gasteiger partial charge in [-0.1, -0.05) is 32.4 Å². The van der Waals surface area contributed by atoms with Crippen LogP contribution in [0.4, 0.5) is 0 Å². The smallest absolute Gasteiger partial charge is 0.305 e. The molecular formula is C18H25NO3. The molecule has 0 aliphatic heterocycles. The van der Waals surface area contributed by atoms with Crippen LogP contribution in [-0.2, 0) is 4.79 Å². The summed E-state index contributed by atoms with van der Waals surface area (Å²) in [6, 6.07) is 7.74. The molecule has 1 aliphatic rings. The van der Waals surface area contributed by atoms with Crippen LogP contribution in [0.3, 0.4) is 0 Å². The Morgan fingerprint density at radius 1 is 1.18 bits per heavy atom. The van der Waals surface area contributed by atoms with Crippen LogP contribution in [0.2, 0.25) is 0 Å². The average molecular weight is 303 g/mol. The first kappa shape index (κ1) is 16.5. The Hall–Kier alpha value is -1.84. The van der Waals surface area contributed by atoms with Gasteiger partial charge in [-0.3, -0.25) is 9.59 Å². The van der Waals surface area contributed by atoms with Gasteiger partial charge >= 0.3 is 5.97 Å². The Kier molecular flexibility index (Phi) is 5.22. The fraction of sp³-hybridized carbons (Fsp3) is 0.556. The van der Waals surface area contributed by atoms with Crippen LogP contribution in [0.15, 0.2) is 24.3 Å². The van der Waals surface area contributed by atoms with E-state index in [9.17, 15) is 9.59 Å². The summed E-state index contributed by atoms with van der Waals surface area (Å²) < 4.78 is 0. The van der Waals surface area contributed by atoms with Gasteiger partial charge in [0.15, 0.2) is 0 Å². The quantitative estimate of drug-likeness (QED) is 0.807. The van der Waals surface area contributed by atoms with Crippen LogP contribution >= 0.6 is 0 Å². The highest BCUT2D eigenvalue weighted by Gasteiger charge is 2.31. The minimum atomic E-state index is -0.885. The normalized spacial score (nSPS) is 15.2. The van der Waals surface area contributed by atoms with Crippen molar-refractivity contribution in [1.82, 2.24) is 5.32 Å². The van der Waals surface area contributed by atoms with Crippen molar-refractivity contribution < 1.29 is 14.7 Å². The Morgan fingerprint density at radius 2 is 1.77 bits per heavy atom. The van der Waals surface area contributed by atoms with E-state index in [0.29, 0.717) is 24.3 Å². The summed E-state index contributed by atoms with van der Waals surface area (Å²) in [4.78, 5) is 23.5. The van der Waals surface area contributed by atoms with Crippen LogP contribution in [0.5, 0.6) is 0 Å². The molecule has 1 fully saturated rings. The van der Waals surface area contributed by atoms with Crippen LogP contribution in [0.25, 0.3) is 0 Å². The van der Waals surface area contributed by atoms with Gasteiger partial charge < -0.3 is 10.4 Å². The molecule has 120 valence electrons. The lowest BCUT2D eigenvalue weighted by Crippen LogP contribution is -2.49. The number of carbonyl (C=O) groups excluding carboxylic acids is 1. The molecule has 0 bridgehead atoms. The summed E-state index contributed by atoms with van der Waals surface area (Å²) >= 11 is 0. The van der Waals surface area contributed by atoms with E-state index in [1.807, 2.05) is 38.1 Å². The molecule has 1 amide bonds. The molecule has 4 heteroatoms. The fourth-order valence-electron chi connectivity index (χ4n) is 2.97. The standard InChI is InChI=1S/C18H25NO3/c1-3-18(4-2,12-16(20)21)19-17(22)15-10-8-14(9-11-15)13-6-5-7-13/h8-11,13H,3-7,12H2,1-2H3,(H,19,22)(H,20,21).